The van der Waals surface area contributed by atoms with Gasteiger partial charge < -0.3 is 15.0 Å². The van der Waals surface area contributed by atoms with Gasteiger partial charge in [-0.05, 0) is 63.1 Å². The maximum absolute atomic E-state index is 12.0. The number of carbonyl (C=O) groups is 3. The molecule has 0 aromatic carbocycles. The summed E-state index contributed by atoms with van der Waals surface area (Å²) in [5.74, 6) is -0.167. The van der Waals surface area contributed by atoms with Gasteiger partial charge in [0.15, 0.2) is 0 Å². The van der Waals surface area contributed by atoms with Crippen LogP contribution in [0, 0.1) is 0 Å². The van der Waals surface area contributed by atoms with Crippen molar-refractivity contribution in [2.75, 3.05) is 13.1 Å². The Bertz CT molecular complexity index is 861. The molecule has 0 spiro atoms. The number of likely N-dealkylation sites (tertiary alicyclic amines) is 1. The predicted molar refractivity (Wildman–Crippen MR) is 120 cm³/mol. The summed E-state index contributed by atoms with van der Waals surface area (Å²) in [7, 11) is 0. The van der Waals surface area contributed by atoms with Crippen molar-refractivity contribution in [1.29, 1.82) is 0 Å². The summed E-state index contributed by atoms with van der Waals surface area (Å²) >= 11 is 5.12. The minimum absolute atomic E-state index is 0. The number of hydrogen-bond acceptors (Lipinski definition) is 6. The Morgan fingerprint density at radius 2 is 1.68 bits per heavy atom. The summed E-state index contributed by atoms with van der Waals surface area (Å²) in [6.07, 6.45) is 6.55. The molecule has 2 aromatic heterocycles. The maximum Gasteiger partial charge on any atom is 0.410 e. The average molecular weight is 469 g/mol. The summed E-state index contributed by atoms with van der Waals surface area (Å²) in [5, 5.41) is 2.45. The lowest BCUT2D eigenvalue weighted by molar-refractivity contribution is 0.0290. The van der Waals surface area contributed by atoms with Gasteiger partial charge >= 0.3 is 6.09 Å². The van der Waals surface area contributed by atoms with Gasteiger partial charge in [-0.15, -0.1) is 12.4 Å². The SMILES string of the molecule is CC(C)(C)OC(=O)N1CC[C@H](NC(=O)c2cccnc2)C1.Cl.O=C(Cl)c1cccnc1. The van der Waals surface area contributed by atoms with E-state index in [1.54, 1.807) is 41.6 Å². The third-order valence-electron chi connectivity index (χ3n) is 3.99. The minimum atomic E-state index is -0.506. The first-order valence-corrected chi connectivity index (χ1v) is 9.82. The van der Waals surface area contributed by atoms with E-state index in [0.717, 1.165) is 6.42 Å². The second kappa shape index (κ2) is 12.2. The quantitative estimate of drug-likeness (QED) is 0.688. The molecule has 3 heterocycles. The first-order chi connectivity index (χ1) is 14.2. The lowest BCUT2D eigenvalue weighted by atomic mass is 10.2. The van der Waals surface area contributed by atoms with E-state index < -0.39 is 10.8 Å². The standard InChI is InChI=1S/C15H21N3O3.C6H4ClNO.ClH/c1-15(2,3)21-14(20)18-8-6-12(10-18)17-13(19)11-5-4-7-16-9-11;7-6(9)5-2-1-3-8-4-5;/h4-5,7,9,12H,6,8,10H2,1-3H3,(H,17,19);1-4H;1H/t12-;;/m0../s1. The highest BCUT2D eigenvalue weighted by Gasteiger charge is 2.30. The Hall–Kier alpha value is -2.71. The molecule has 1 atom stereocenters. The number of carbonyl (C=O) groups excluding carboxylic acids is 3. The zero-order valence-electron chi connectivity index (χ0n) is 17.6. The Labute approximate surface area is 192 Å². The molecule has 0 unspecified atom stereocenters. The second-order valence-electron chi connectivity index (χ2n) is 7.64. The van der Waals surface area contributed by atoms with E-state index in [9.17, 15) is 14.4 Å². The maximum atomic E-state index is 12.0. The minimum Gasteiger partial charge on any atom is -0.444 e. The van der Waals surface area contributed by atoms with Gasteiger partial charge in [0.05, 0.1) is 11.1 Å². The van der Waals surface area contributed by atoms with E-state index in [4.69, 9.17) is 16.3 Å². The number of halogens is 2. The molecule has 2 amide bonds. The lowest BCUT2D eigenvalue weighted by Crippen LogP contribution is -2.40. The smallest absolute Gasteiger partial charge is 0.410 e. The Morgan fingerprint density at radius 3 is 2.13 bits per heavy atom. The largest absolute Gasteiger partial charge is 0.444 e. The fraction of sp³-hybridized carbons (Fsp3) is 0.381. The highest BCUT2D eigenvalue weighted by atomic mass is 35.5. The highest BCUT2D eigenvalue weighted by Crippen LogP contribution is 2.15. The molecular formula is C21H26Cl2N4O4. The molecule has 168 valence electrons. The fourth-order valence-electron chi connectivity index (χ4n) is 2.62. The summed E-state index contributed by atoms with van der Waals surface area (Å²) in [6, 6.07) is 6.66. The van der Waals surface area contributed by atoms with E-state index in [-0.39, 0.29) is 30.4 Å². The van der Waals surface area contributed by atoms with Gasteiger partial charge in [0, 0.05) is 43.9 Å². The molecule has 2 aromatic rings. The van der Waals surface area contributed by atoms with Crippen molar-refractivity contribution in [2.24, 2.45) is 0 Å². The number of ether oxygens (including phenoxy) is 1. The molecule has 8 nitrogen and oxygen atoms in total. The molecule has 31 heavy (non-hydrogen) atoms. The molecule has 0 aliphatic carbocycles. The number of nitrogens with zero attached hydrogens (tertiary/aromatic N) is 3. The van der Waals surface area contributed by atoms with Gasteiger partial charge in [-0.1, -0.05) is 0 Å². The Balaban J connectivity index is 0.000000404. The third kappa shape index (κ3) is 9.31. The van der Waals surface area contributed by atoms with Crippen LogP contribution >= 0.6 is 24.0 Å². The third-order valence-corrected chi connectivity index (χ3v) is 4.21. The Kier molecular flexibility index (Phi) is 10.4. The van der Waals surface area contributed by atoms with Gasteiger partial charge in [-0.2, -0.15) is 0 Å². The molecule has 0 bridgehead atoms. The van der Waals surface area contributed by atoms with Crippen LogP contribution in [0.1, 0.15) is 47.9 Å². The summed E-state index contributed by atoms with van der Waals surface area (Å²) in [4.78, 5) is 43.6. The van der Waals surface area contributed by atoms with Crippen molar-refractivity contribution in [2.45, 2.75) is 38.8 Å². The van der Waals surface area contributed by atoms with E-state index >= 15 is 0 Å². The average Bonchev–Trinajstić information content (AvgIpc) is 3.17. The summed E-state index contributed by atoms with van der Waals surface area (Å²) in [6.45, 7) is 6.57. The van der Waals surface area contributed by atoms with Crippen LogP contribution in [0.5, 0.6) is 0 Å². The molecule has 1 aliphatic heterocycles. The number of rotatable bonds is 3. The van der Waals surface area contributed by atoms with Crippen LogP contribution in [0.2, 0.25) is 0 Å². The van der Waals surface area contributed by atoms with Crippen molar-refractivity contribution in [3.8, 4) is 0 Å². The first kappa shape index (κ1) is 26.3. The molecular weight excluding hydrogens is 443 g/mol. The van der Waals surface area contributed by atoms with Gasteiger partial charge in [0.2, 0.25) is 0 Å². The monoisotopic (exact) mass is 468 g/mol. The normalized spacial score (nSPS) is 15.1. The Morgan fingerprint density at radius 1 is 1.10 bits per heavy atom. The molecule has 0 saturated carbocycles. The van der Waals surface area contributed by atoms with Crippen molar-refractivity contribution in [1.82, 2.24) is 20.2 Å². The summed E-state index contributed by atoms with van der Waals surface area (Å²) in [5.41, 5.74) is 0.445. The molecule has 1 N–H and O–H groups in total. The van der Waals surface area contributed by atoms with Crippen LogP contribution in [0.4, 0.5) is 4.79 Å². The van der Waals surface area contributed by atoms with Crippen LogP contribution in [-0.2, 0) is 4.74 Å². The fourth-order valence-corrected chi connectivity index (χ4v) is 2.73. The van der Waals surface area contributed by atoms with E-state index in [1.165, 1.54) is 12.4 Å². The van der Waals surface area contributed by atoms with Crippen LogP contribution in [0.25, 0.3) is 0 Å². The van der Waals surface area contributed by atoms with Crippen molar-refractivity contribution < 1.29 is 19.1 Å². The highest BCUT2D eigenvalue weighted by molar-refractivity contribution is 6.67. The van der Waals surface area contributed by atoms with E-state index in [1.807, 2.05) is 20.8 Å². The predicted octanol–water partition coefficient (Wildman–Crippen LogP) is 3.70. The van der Waals surface area contributed by atoms with Crippen LogP contribution in [-0.4, -0.2) is 56.8 Å². The topological polar surface area (TPSA) is 101 Å². The lowest BCUT2D eigenvalue weighted by Gasteiger charge is -2.24. The van der Waals surface area contributed by atoms with Crippen molar-refractivity contribution >= 4 is 41.3 Å². The van der Waals surface area contributed by atoms with Crippen LogP contribution in [0.15, 0.2) is 49.1 Å². The van der Waals surface area contributed by atoms with E-state index in [0.29, 0.717) is 24.2 Å². The molecule has 3 rings (SSSR count). The van der Waals surface area contributed by atoms with Gasteiger partial charge in [0.25, 0.3) is 11.1 Å². The number of amides is 2. The van der Waals surface area contributed by atoms with Crippen LogP contribution in [0.3, 0.4) is 0 Å². The van der Waals surface area contributed by atoms with Gasteiger partial charge in [0.1, 0.15) is 5.60 Å². The van der Waals surface area contributed by atoms with Crippen molar-refractivity contribution in [3.63, 3.8) is 0 Å². The van der Waals surface area contributed by atoms with Crippen LogP contribution < -0.4 is 5.32 Å². The number of hydrogen-bond donors (Lipinski definition) is 1. The van der Waals surface area contributed by atoms with Gasteiger partial charge in [-0.25, -0.2) is 4.79 Å². The molecule has 10 heteroatoms. The molecule has 1 aliphatic rings. The number of aromatic nitrogens is 2. The molecule has 1 fully saturated rings. The zero-order valence-corrected chi connectivity index (χ0v) is 19.2. The van der Waals surface area contributed by atoms with Crippen molar-refractivity contribution in [3.05, 3.63) is 60.2 Å². The first-order valence-electron chi connectivity index (χ1n) is 9.44. The molecule has 0 radical (unpaired) electrons. The summed E-state index contributed by atoms with van der Waals surface area (Å²) < 4.78 is 5.32. The number of pyridine rings is 2. The second-order valence-corrected chi connectivity index (χ2v) is 7.99. The molecule has 1 saturated heterocycles. The van der Waals surface area contributed by atoms with E-state index in [2.05, 4.69) is 15.3 Å². The van der Waals surface area contributed by atoms with Gasteiger partial charge in [-0.3, -0.25) is 19.6 Å². The zero-order chi connectivity index (χ0) is 22.1. The number of nitrogens with one attached hydrogen (secondary N) is 1.